The van der Waals surface area contributed by atoms with Gasteiger partial charge in [-0.15, -0.1) is 0 Å². The lowest BCUT2D eigenvalue weighted by atomic mass is 9.93. The number of hydrogen-bond donors (Lipinski definition) is 0. The summed E-state index contributed by atoms with van der Waals surface area (Å²) in [5, 5.41) is 12.3. The van der Waals surface area contributed by atoms with Crippen molar-refractivity contribution in [3.63, 3.8) is 0 Å². The van der Waals surface area contributed by atoms with E-state index in [1.807, 2.05) is 39.0 Å². The Hall–Kier alpha value is -1.13. The Balaban J connectivity index is 2.81. The number of nitrogens with zero attached hydrogens (tertiary/aromatic N) is 1. The number of allylic oxidation sites excluding steroid dienone is 2. The summed E-state index contributed by atoms with van der Waals surface area (Å²) in [6.45, 7) is 10.7. The van der Waals surface area contributed by atoms with Crippen LogP contribution in [0, 0.1) is 11.1 Å². The maximum absolute atomic E-state index is 12.3. The van der Waals surface area contributed by atoms with Crippen LogP contribution in [0.4, 0.5) is 0 Å². The molecule has 0 aromatic carbocycles. The lowest BCUT2D eigenvalue weighted by Crippen LogP contribution is -2.36. The number of hydrogen-bond acceptors (Lipinski definition) is 3. The minimum atomic E-state index is -0.687. The molecule has 0 aliphatic heterocycles. The van der Waals surface area contributed by atoms with Gasteiger partial charge in [-0.1, -0.05) is 19.9 Å². The quantitative estimate of drug-likeness (QED) is 0.237. The second kappa shape index (κ2) is 7.23. The van der Waals surface area contributed by atoms with Gasteiger partial charge in [-0.05, 0) is 25.0 Å². The van der Waals surface area contributed by atoms with Gasteiger partial charge in [0.2, 0.25) is 0 Å². The highest BCUT2D eigenvalue weighted by atomic mass is 16.7. The van der Waals surface area contributed by atoms with Crippen LogP contribution in [-0.4, -0.2) is 36.0 Å². The third-order valence-electron chi connectivity index (χ3n) is 3.66. The van der Waals surface area contributed by atoms with E-state index in [1.165, 1.54) is 0 Å². The summed E-state index contributed by atoms with van der Waals surface area (Å²) in [6.07, 6.45) is 8.87. The molecule has 21 heavy (non-hydrogen) atoms. The molecule has 0 N–H and O–H groups in total. The molecule has 0 fully saturated rings. The van der Waals surface area contributed by atoms with Crippen molar-refractivity contribution < 1.29 is 14.2 Å². The van der Waals surface area contributed by atoms with E-state index in [-0.39, 0.29) is 0 Å². The molecule has 1 unspecified atom stereocenters. The van der Waals surface area contributed by atoms with E-state index < -0.39 is 11.3 Å². The molecule has 4 nitrogen and oxygen atoms in total. The minimum Gasteiger partial charge on any atom is -0.623 e. The van der Waals surface area contributed by atoms with E-state index in [1.54, 1.807) is 13.3 Å². The topological polar surface area (TPSA) is 44.5 Å². The van der Waals surface area contributed by atoms with E-state index in [2.05, 4.69) is 13.8 Å². The maximum atomic E-state index is 12.3. The van der Waals surface area contributed by atoms with E-state index >= 15 is 0 Å². The molecule has 0 saturated heterocycles. The molecule has 1 aliphatic rings. The first-order chi connectivity index (χ1) is 9.74. The van der Waals surface area contributed by atoms with Crippen molar-refractivity contribution in [1.82, 2.24) is 0 Å². The zero-order chi connectivity index (χ0) is 16.1. The van der Waals surface area contributed by atoms with Gasteiger partial charge in [-0.3, -0.25) is 0 Å². The number of ether oxygens (including phenoxy) is 2. The molecular formula is C17H29NO3. The highest BCUT2D eigenvalue weighted by molar-refractivity contribution is 5.79. The van der Waals surface area contributed by atoms with Gasteiger partial charge in [0.05, 0.1) is 0 Å². The first-order valence-electron chi connectivity index (χ1n) is 7.64. The van der Waals surface area contributed by atoms with Crippen molar-refractivity contribution in [3.8, 4) is 0 Å². The Morgan fingerprint density at radius 2 is 2.14 bits per heavy atom. The standard InChI is InChI=1S/C17H29NO3/c1-7-21-17(20-6)10-8-15(9-11-17)13-18(19)16(4,5)12-14(2)3/h8-10,13-14H,7,11-12H2,1-6H3. The van der Waals surface area contributed by atoms with Crippen LogP contribution in [0.25, 0.3) is 0 Å². The fourth-order valence-electron chi connectivity index (χ4n) is 2.68. The second-order valence-electron chi connectivity index (χ2n) is 6.56. The Morgan fingerprint density at radius 1 is 1.48 bits per heavy atom. The first-order valence-corrected chi connectivity index (χ1v) is 7.64. The Kier molecular flexibility index (Phi) is 6.17. The van der Waals surface area contributed by atoms with Crippen LogP contribution in [-0.2, 0) is 9.47 Å². The third-order valence-corrected chi connectivity index (χ3v) is 3.66. The van der Waals surface area contributed by atoms with Crippen molar-refractivity contribution >= 4 is 6.21 Å². The highest BCUT2D eigenvalue weighted by Gasteiger charge is 2.30. The van der Waals surface area contributed by atoms with Gasteiger partial charge >= 0.3 is 0 Å². The molecular weight excluding hydrogens is 266 g/mol. The zero-order valence-corrected chi connectivity index (χ0v) is 14.2. The molecule has 1 rings (SSSR count). The van der Waals surface area contributed by atoms with Crippen molar-refractivity contribution in [1.29, 1.82) is 0 Å². The van der Waals surface area contributed by atoms with Crippen LogP contribution in [0.1, 0.15) is 47.5 Å². The average molecular weight is 295 g/mol. The molecule has 120 valence electrons. The summed E-state index contributed by atoms with van der Waals surface area (Å²) in [7, 11) is 1.63. The molecule has 0 heterocycles. The van der Waals surface area contributed by atoms with Gasteiger partial charge in [0.15, 0.2) is 17.5 Å². The number of methoxy groups -OCH3 is 1. The SMILES string of the molecule is CCOC1(OC)C=CC(C=[N+]([O-])C(C)(C)CC(C)C)=CC1. The maximum Gasteiger partial charge on any atom is 0.191 e. The zero-order valence-electron chi connectivity index (χ0n) is 14.2. The van der Waals surface area contributed by atoms with E-state index in [0.29, 0.717) is 18.9 Å². The van der Waals surface area contributed by atoms with Gasteiger partial charge in [0.1, 0.15) is 0 Å². The Labute approximate surface area is 128 Å². The highest BCUT2D eigenvalue weighted by Crippen LogP contribution is 2.26. The van der Waals surface area contributed by atoms with Crippen molar-refractivity contribution in [2.45, 2.75) is 58.8 Å². The van der Waals surface area contributed by atoms with Crippen LogP contribution in [0.5, 0.6) is 0 Å². The second-order valence-corrected chi connectivity index (χ2v) is 6.56. The molecule has 0 bridgehead atoms. The van der Waals surface area contributed by atoms with Gasteiger partial charge < -0.3 is 14.7 Å². The van der Waals surface area contributed by atoms with E-state index in [9.17, 15) is 5.21 Å². The lowest BCUT2D eigenvalue weighted by Gasteiger charge is -2.30. The molecule has 0 aromatic rings. The van der Waals surface area contributed by atoms with Crippen LogP contribution in [0.3, 0.4) is 0 Å². The number of rotatable bonds is 7. The largest absolute Gasteiger partial charge is 0.623 e. The van der Waals surface area contributed by atoms with Crippen LogP contribution in [0.2, 0.25) is 0 Å². The fraction of sp³-hybridized carbons (Fsp3) is 0.706. The lowest BCUT2D eigenvalue weighted by molar-refractivity contribution is -0.538. The van der Waals surface area contributed by atoms with E-state index in [4.69, 9.17) is 9.47 Å². The summed E-state index contributed by atoms with van der Waals surface area (Å²) in [4.78, 5) is 0. The van der Waals surface area contributed by atoms with Crippen LogP contribution in [0.15, 0.2) is 23.8 Å². The monoisotopic (exact) mass is 295 g/mol. The molecule has 0 spiro atoms. The normalized spacial score (nSPS) is 23.6. The van der Waals surface area contributed by atoms with Gasteiger partial charge in [-0.2, -0.15) is 0 Å². The molecule has 0 amide bonds. The molecule has 1 aliphatic carbocycles. The molecule has 0 aromatic heterocycles. The third kappa shape index (κ3) is 4.97. The van der Waals surface area contributed by atoms with Gasteiger partial charge in [0, 0.05) is 46.0 Å². The fourth-order valence-corrected chi connectivity index (χ4v) is 2.68. The van der Waals surface area contributed by atoms with Crippen LogP contribution >= 0.6 is 0 Å². The Morgan fingerprint density at radius 3 is 2.57 bits per heavy atom. The molecule has 0 radical (unpaired) electrons. The summed E-state index contributed by atoms with van der Waals surface area (Å²) in [5.41, 5.74) is 0.493. The van der Waals surface area contributed by atoms with Gasteiger partial charge in [-0.25, -0.2) is 4.74 Å². The smallest absolute Gasteiger partial charge is 0.191 e. The van der Waals surface area contributed by atoms with Gasteiger partial charge in [0.25, 0.3) is 0 Å². The van der Waals surface area contributed by atoms with Crippen molar-refractivity contribution in [3.05, 3.63) is 29.0 Å². The summed E-state index contributed by atoms with van der Waals surface area (Å²) in [6, 6.07) is 0. The molecule has 0 saturated carbocycles. The van der Waals surface area contributed by atoms with E-state index in [0.717, 1.165) is 16.7 Å². The Bertz CT molecular complexity index is 435. The predicted molar refractivity (Wildman–Crippen MR) is 86.4 cm³/mol. The molecule has 1 atom stereocenters. The average Bonchev–Trinajstić information content (AvgIpc) is 2.40. The number of hydroxylamine groups is 1. The molecule has 4 heteroatoms. The van der Waals surface area contributed by atoms with Crippen LogP contribution < -0.4 is 0 Å². The van der Waals surface area contributed by atoms with Crippen molar-refractivity contribution in [2.75, 3.05) is 13.7 Å². The minimum absolute atomic E-state index is 0.404. The predicted octanol–water partition coefficient (Wildman–Crippen LogP) is 3.66. The summed E-state index contributed by atoms with van der Waals surface area (Å²) >= 11 is 0. The summed E-state index contributed by atoms with van der Waals surface area (Å²) < 4.78 is 12.1. The van der Waals surface area contributed by atoms with Crippen molar-refractivity contribution in [2.24, 2.45) is 5.92 Å². The summed E-state index contributed by atoms with van der Waals surface area (Å²) in [5.74, 6) is -0.201. The first kappa shape index (κ1) is 17.9.